The van der Waals surface area contributed by atoms with Crippen LogP contribution in [0.2, 0.25) is 5.02 Å². The number of alkyl halides is 2. The van der Waals surface area contributed by atoms with Gasteiger partial charge in [-0.25, -0.2) is 8.78 Å². The molecule has 10 heteroatoms. The molecular formula is C32H35ClF2N4O2S. The number of piperazine rings is 1. The van der Waals surface area contributed by atoms with Crippen molar-refractivity contribution in [3.63, 3.8) is 0 Å². The number of rotatable bonds is 8. The summed E-state index contributed by atoms with van der Waals surface area (Å²) in [4.78, 5) is 30.4. The molecule has 0 spiro atoms. The molecule has 222 valence electrons. The van der Waals surface area contributed by atoms with Gasteiger partial charge < -0.3 is 15.5 Å². The first-order valence-corrected chi connectivity index (χ1v) is 15.6. The lowest BCUT2D eigenvalue weighted by Crippen LogP contribution is -2.47. The summed E-state index contributed by atoms with van der Waals surface area (Å²) in [6.07, 6.45) is -1.33. The molecule has 3 heterocycles. The number of pyridine rings is 1. The predicted octanol–water partition coefficient (Wildman–Crippen LogP) is 6.57. The molecule has 1 aromatic heterocycles. The molecule has 0 saturated carbocycles. The highest BCUT2D eigenvalue weighted by Gasteiger charge is 2.30. The van der Waals surface area contributed by atoms with Gasteiger partial charge in [-0.3, -0.25) is 14.2 Å². The van der Waals surface area contributed by atoms with Crippen molar-refractivity contribution in [2.24, 2.45) is 5.92 Å². The van der Waals surface area contributed by atoms with Gasteiger partial charge in [-0.1, -0.05) is 62.7 Å². The van der Waals surface area contributed by atoms with Crippen LogP contribution in [0.5, 0.6) is 0 Å². The topological polar surface area (TPSA) is 66.4 Å². The molecule has 42 heavy (non-hydrogen) atoms. The van der Waals surface area contributed by atoms with Crippen molar-refractivity contribution >= 4 is 35.0 Å². The van der Waals surface area contributed by atoms with E-state index in [9.17, 15) is 18.4 Å². The van der Waals surface area contributed by atoms with Crippen molar-refractivity contribution in [3.8, 4) is 5.69 Å². The third-order valence-electron chi connectivity index (χ3n) is 7.60. The Labute approximate surface area is 254 Å². The normalized spacial score (nSPS) is 17.1. The SMILES string of the molecule is CCc1ccc(Cl)cc1-n1c(CC(C)C)c(C(=O)N2CCNCC2)cc(C2NC(c3ccc(C(F)F)cc3)=CS2)c1=O. The molecule has 2 aliphatic heterocycles. The molecule has 2 aliphatic rings. The van der Waals surface area contributed by atoms with Gasteiger partial charge in [0.2, 0.25) is 0 Å². The van der Waals surface area contributed by atoms with Crippen LogP contribution in [0.1, 0.15) is 70.9 Å². The van der Waals surface area contributed by atoms with Crippen molar-refractivity contribution in [1.29, 1.82) is 0 Å². The van der Waals surface area contributed by atoms with Gasteiger partial charge in [-0.2, -0.15) is 0 Å². The Morgan fingerprint density at radius 1 is 1.10 bits per heavy atom. The van der Waals surface area contributed by atoms with E-state index < -0.39 is 11.8 Å². The second-order valence-corrected chi connectivity index (χ2v) is 12.4. The van der Waals surface area contributed by atoms with Crippen LogP contribution < -0.4 is 16.2 Å². The largest absolute Gasteiger partial charge is 0.368 e. The minimum atomic E-state index is -2.54. The van der Waals surface area contributed by atoms with Crippen LogP contribution in [0.3, 0.4) is 0 Å². The summed E-state index contributed by atoms with van der Waals surface area (Å²) in [6.45, 7) is 8.77. The maximum absolute atomic E-state index is 14.5. The molecule has 1 saturated heterocycles. The first kappa shape index (κ1) is 30.3. The van der Waals surface area contributed by atoms with Crippen molar-refractivity contribution in [1.82, 2.24) is 20.1 Å². The molecule has 0 bridgehead atoms. The molecule has 5 rings (SSSR count). The minimum Gasteiger partial charge on any atom is -0.368 e. The summed E-state index contributed by atoms with van der Waals surface area (Å²) in [5, 5.41) is 8.62. The van der Waals surface area contributed by atoms with Gasteiger partial charge in [0.25, 0.3) is 17.9 Å². The Kier molecular flexibility index (Phi) is 9.40. The van der Waals surface area contributed by atoms with Crippen molar-refractivity contribution in [3.05, 3.63) is 103 Å². The summed E-state index contributed by atoms with van der Waals surface area (Å²) >= 11 is 7.89. The maximum Gasteiger partial charge on any atom is 0.263 e. The molecule has 2 aromatic carbocycles. The maximum atomic E-state index is 14.5. The summed E-state index contributed by atoms with van der Waals surface area (Å²) in [6, 6.07) is 13.4. The lowest BCUT2D eigenvalue weighted by molar-refractivity contribution is 0.0733. The Morgan fingerprint density at radius 2 is 1.81 bits per heavy atom. The van der Waals surface area contributed by atoms with Crippen molar-refractivity contribution in [2.75, 3.05) is 26.2 Å². The van der Waals surface area contributed by atoms with Gasteiger partial charge in [-0.15, -0.1) is 11.8 Å². The first-order chi connectivity index (χ1) is 20.2. The van der Waals surface area contributed by atoms with Crippen molar-refractivity contribution < 1.29 is 13.6 Å². The summed E-state index contributed by atoms with van der Waals surface area (Å²) in [7, 11) is 0. The number of carbonyl (C=O) groups is 1. The molecule has 1 fully saturated rings. The highest BCUT2D eigenvalue weighted by Crippen LogP contribution is 2.38. The van der Waals surface area contributed by atoms with Gasteiger partial charge in [0.1, 0.15) is 5.37 Å². The molecule has 0 aliphatic carbocycles. The van der Waals surface area contributed by atoms with E-state index in [0.717, 1.165) is 16.8 Å². The number of amides is 1. The quantitative estimate of drug-likeness (QED) is 0.301. The fourth-order valence-electron chi connectivity index (χ4n) is 5.43. The Bertz CT molecular complexity index is 1550. The number of nitrogens with zero attached hydrogens (tertiary/aromatic N) is 2. The molecule has 1 amide bonds. The van der Waals surface area contributed by atoms with Crippen LogP contribution in [0.15, 0.2) is 58.7 Å². The van der Waals surface area contributed by atoms with Crippen LogP contribution in [-0.4, -0.2) is 41.6 Å². The number of hydrogen-bond donors (Lipinski definition) is 2. The van der Waals surface area contributed by atoms with E-state index >= 15 is 0 Å². The van der Waals surface area contributed by atoms with E-state index in [0.29, 0.717) is 66.6 Å². The van der Waals surface area contributed by atoms with Crippen LogP contribution in [-0.2, 0) is 12.8 Å². The number of carbonyl (C=O) groups excluding carboxylic acids is 1. The fraction of sp³-hybridized carbons (Fsp3) is 0.375. The Hall–Kier alpha value is -3.14. The molecule has 3 aromatic rings. The molecular weight excluding hydrogens is 578 g/mol. The number of hydrogen-bond acceptors (Lipinski definition) is 5. The van der Waals surface area contributed by atoms with E-state index in [4.69, 9.17) is 11.6 Å². The molecule has 0 radical (unpaired) electrons. The predicted molar refractivity (Wildman–Crippen MR) is 167 cm³/mol. The van der Waals surface area contributed by atoms with Crippen LogP contribution in [0.25, 0.3) is 11.4 Å². The van der Waals surface area contributed by atoms with Gasteiger partial charge in [0.15, 0.2) is 0 Å². The monoisotopic (exact) mass is 612 g/mol. The van der Waals surface area contributed by atoms with E-state index in [1.807, 2.05) is 29.4 Å². The number of thioether (sulfide) groups is 1. The number of halogens is 3. The third-order valence-corrected chi connectivity index (χ3v) is 8.85. The molecule has 1 unspecified atom stereocenters. The van der Waals surface area contributed by atoms with Gasteiger partial charge >= 0.3 is 0 Å². The first-order valence-electron chi connectivity index (χ1n) is 14.3. The lowest BCUT2D eigenvalue weighted by Gasteiger charge is -2.30. The van der Waals surface area contributed by atoms with E-state index in [1.165, 1.54) is 23.9 Å². The second kappa shape index (κ2) is 13.0. The van der Waals surface area contributed by atoms with Crippen molar-refractivity contribution in [2.45, 2.75) is 45.4 Å². The number of nitrogens with one attached hydrogen (secondary N) is 2. The van der Waals surface area contributed by atoms with Gasteiger partial charge in [0, 0.05) is 48.2 Å². The highest BCUT2D eigenvalue weighted by atomic mass is 35.5. The molecule has 1 atom stereocenters. The van der Waals surface area contributed by atoms with Gasteiger partial charge in [0.05, 0.1) is 16.8 Å². The summed E-state index contributed by atoms with van der Waals surface area (Å²) in [5.41, 5.74) is 4.48. The third kappa shape index (κ3) is 6.28. The summed E-state index contributed by atoms with van der Waals surface area (Å²) in [5.74, 6) is 0.0878. The zero-order chi connectivity index (χ0) is 30.0. The van der Waals surface area contributed by atoms with E-state index in [-0.39, 0.29) is 22.9 Å². The number of benzene rings is 2. The number of aryl methyl sites for hydroxylation is 1. The van der Waals surface area contributed by atoms with E-state index in [2.05, 4.69) is 24.5 Å². The average Bonchev–Trinajstić information content (AvgIpc) is 3.47. The van der Waals surface area contributed by atoms with Crippen LogP contribution in [0.4, 0.5) is 8.78 Å². The smallest absolute Gasteiger partial charge is 0.263 e. The van der Waals surface area contributed by atoms with E-state index in [1.54, 1.807) is 28.8 Å². The van der Waals surface area contributed by atoms with Gasteiger partial charge in [-0.05, 0) is 53.5 Å². The number of aromatic nitrogens is 1. The standard InChI is InChI=1S/C32H35ClF2N4O2S/c1-4-20-9-10-23(33)16-27(20)39-28(15-19(2)3)24(31(40)38-13-11-36-12-14-38)17-25(32(39)41)30-37-26(18-42-30)21-5-7-22(8-6-21)29(34)35/h5-10,16-19,29-30,36-37H,4,11-15H2,1-3H3. The highest BCUT2D eigenvalue weighted by molar-refractivity contribution is 8.02. The van der Waals surface area contributed by atoms with Crippen LogP contribution >= 0.6 is 23.4 Å². The van der Waals surface area contributed by atoms with Crippen LogP contribution in [0, 0.1) is 5.92 Å². The summed E-state index contributed by atoms with van der Waals surface area (Å²) < 4.78 is 27.9. The Balaban J connectivity index is 1.65. The molecule has 2 N–H and O–H groups in total. The zero-order valence-electron chi connectivity index (χ0n) is 23.9. The minimum absolute atomic E-state index is 0.0468. The molecule has 6 nitrogen and oxygen atoms in total. The zero-order valence-corrected chi connectivity index (χ0v) is 25.5. The fourth-order valence-corrected chi connectivity index (χ4v) is 6.58. The Morgan fingerprint density at radius 3 is 2.45 bits per heavy atom. The second-order valence-electron chi connectivity index (χ2n) is 11.0. The average molecular weight is 613 g/mol. The lowest BCUT2D eigenvalue weighted by atomic mass is 9.98.